The van der Waals surface area contributed by atoms with Gasteiger partial charge in [-0.1, -0.05) is 104 Å². The topological polar surface area (TPSA) is 43.6 Å². The first-order valence-electron chi connectivity index (χ1n) is 12.8. The molecular weight excluding hydrogens is 644 g/mol. The van der Waals surface area contributed by atoms with Crippen LogP contribution in [-0.4, -0.2) is 19.5 Å². The number of fused-ring (bicyclic) bond motifs is 5. The molecule has 0 bridgehead atoms. The van der Waals surface area contributed by atoms with Crippen LogP contribution in [0, 0.1) is 0 Å². The summed E-state index contributed by atoms with van der Waals surface area (Å²) in [6, 6.07) is 37.6. The molecule has 190 valence electrons. The minimum Gasteiger partial charge on any atom is -0.307 e. The van der Waals surface area contributed by atoms with Crippen LogP contribution in [0.15, 0.2) is 128 Å². The Morgan fingerprint density at radius 1 is 0.525 bits per heavy atom. The van der Waals surface area contributed by atoms with E-state index in [2.05, 4.69) is 85.0 Å². The van der Waals surface area contributed by atoms with Gasteiger partial charge in [0.25, 0.3) is 0 Å². The lowest BCUT2D eigenvalue weighted by molar-refractivity contribution is 1.07. The van der Waals surface area contributed by atoms with Gasteiger partial charge >= 0.3 is 0 Å². The quantitative estimate of drug-likeness (QED) is 0.189. The fourth-order valence-corrected chi connectivity index (χ4v) is 7.40. The summed E-state index contributed by atoms with van der Waals surface area (Å²) in [4.78, 5) is 17.3. The zero-order chi connectivity index (χ0) is 26.8. The number of hydrogen-bond acceptors (Lipinski definition) is 4. The van der Waals surface area contributed by atoms with Crippen molar-refractivity contribution in [1.29, 1.82) is 0 Å². The van der Waals surface area contributed by atoms with Crippen LogP contribution >= 0.6 is 43.6 Å². The van der Waals surface area contributed by atoms with Crippen LogP contribution in [0.4, 0.5) is 0 Å². The van der Waals surface area contributed by atoms with Gasteiger partial charge in [0.2, 0.25) is 0 Å². The first-order chi connectivity index (χ1) is 19.6. The summed E-state index contributed by atoms with van der Waals surface area (Å²) in [6.45, 7) is 0. The molecule has 8 rings (SSSR count). The Morgan fingerprint density at radius 2 is 1.12 bits per heavy atom. The van der Waals surface area contributed by atoms with Gasteiger partial charge in [-0.2, -0.15) is 0 Å². The van der Waals surface area contributed by atoms with Crippen molar-refractivity contribution in [2.45, 2.75) is 9.79 Å². The number of aromatic nitrogens is 4. The molecular formula is C33H18Br2N4S. The summed E-state index contributed by atoms with van der Waals surface area (Å²) in [7, 11) is 0. The van der Waals surface area contributed by atoms with Crippen molar-refractivity contribution >= 4 is 65.4 Å². The Kier molecular flexibility index (Phi) is 5.66. The molecule has 0 N–H and O–H groups in total. The van der Waals surface area contributed by atoms with Gasteiger partial charge in [-0.05, 0) is 48.5 Å². The number of benzene rings is 5. The third kappa shape index (κ3) is 3.91. The maximum Gasteiger partial charge on any atom is 0.164 e. The Morgan fingerprint density at radius 3 is 1.80 bits per heavy atom. The van der Waals surface area contributed by atoms with Gasteiger partial charge in [-0.15, -0.1) is 0 Å². The molecule has 0 unspecified atom stereocenters. The molecule has 1 aliphatic heterocycles. The summed E-state index contributed by atoms with van der Waals surface area (Å²) in [5, 5.41) is 2.36. The minimum atomic E-state index is 0.655. The van der Waals surface area contributed by atoms with E-state index in [1.54, 1.807) is 11.8 Å². The summed E-state index contributed by atoms with van der Waals surface area (Å²) in [5.74, 6) is 1.97. The molecule has 0 radical (unpaired) electrons. The standard InChI is InChI=1S/C33H18Br2N4S/c34-22-11-13-26-24(17-22)25-15-21(16-29-30(25)39(26)27-14-12-23(35)18-28(27)40-29)33-37-31(19-7-3-1-4-8-19)36-32(38-33)20-9-5-2-6-10-20/h1-18H. The Hall–Kier alpha value is -3.78. The van der Waals surface area contributed by atoms with Gasteiger partial charge in [-0.3, -0.25) is 0 Å². The van der Waals surface area contributed by atoms with E-state index in [4.69, 9.17) is 15.0 Å². The van der Waals surface area contributed by atoms with E-state index in [1.807, 2.05) is 60.7 Å². The molecule has 0 amide bonds. The van der Waals surface area contributed by atoms with Crippen molar-refractivity contribution in [2.24, 2.45) is 0 Å². The highest BCUT2D eigenvalue weighted by Crippen LogP contribution is 2.49. The zero-order valence-electron chi connectivity index (χ0n) is 20.8. The second-order valence-corrected chi connectivity index (χ2v) is 12.5. The van der Waals surface area contributed by atoms with Gasteiger partial charge in [0.05, 0.1) is 16.7 Å². The van der Waals surface area contributed by atoms with Gasteiger partial charge in [0.1, 0.15) is 0 Å². The van der Waals surface area contributed by atoms with Crippen LogP contribution < -0.4 is 0 Å². The van der Waals surface area contributed by atoms with E-state index in [0.717, 1.165) is 25.6 Å². The van der Waals surface area contributed by atoms with Crippen molar-refractivity contribution in [3.8, 4) is 39.9 Å². The Balaban J connectivity index is 1.43. The SMILES string of the molecule is Brc1ccc2c(c1)Sc1cc(-c3nc(-c4ccccc4)nc(-c4ccccc4)n3)cc3c4cc(Br)ccc4n-2c13. The van der Waals surface area contributed by atoms with Gasteiger partial charge < -0.3 is 4.57 Å². The molecule has 40 heavy (non-hydrogen) atoms. The molecule has 7 aromatic rings. The van der Waals surface area contributed by atoms with E-state index in [0.29, 0.717) is 17.5 Å². The van der Waals surface area contributed by atoms with Crippen LogP contribution in [0.5, 0.6) is 0 Å². The normalized spacial score (nSPS) is 12.2. The predicted octanol–water partition coefficient (Wildman–Crippen LogP) is 9.96. The molecule has 2 aromatic heterocycles. The first-order valence-corrected chi connectivity index (χ1v) is 15.2. The molecule has 0 atom stereocenters. The number of halogens is 2. The fraction of sp³-hybridized carbons (Fsp3) is 0. The number of hydrogen-bond donors (Lipinski definition) is 0. The number of rotatable bonds is 3. The van der Waals surface area contributed by atoms with E-state index < -0.39 is 0 Å². The van der Waals surface area contributed by atoms with Crippen molar-refractivity contribution in [2.75, 3.05) is 0 Å². The van der Waals surface area contributed by atoms with E-state index >= 15 is 0 Å². The van der Waals surface area contributed by atoms with Crippen molar-refractivity contribution in [3.63, 3.8) is 0 Å². The molecule has 0 fully saturated rings. The summed E-state index contributed by atoms with van der Waals surface area (Å²) in [6.07, 6.45) is 0. The van der Waals surface area contributed by atoms with E-state index in [9.17, 15) is 0 Å². The largest absolute Gasteiger partial charge is 0.307 e. The molecule has 5 aromatic carbocycles. The lowest BCUT2D eigenvalue weighted by Gasteiger charge is -2.21. The zero-order valence-corrected chi connectivity index (χ0v) is 24.8. The second kappa shape index (κ2) is 9.41. The monoisotopic (exact) mass is 660 g/mol. The van der Waals surface area contributed by atoms with Gasteiger partial charge in [0, 0.05) is 46.2 Å². The van der Waals surface area contributed by atoms with Crippen molar-refractivity contribution < 1.29 is 0 Å². The first kappa shape index (κ1) is 24.1. The smallest absolute Gasteiger partial charge is 0.164 e. The van der Waals surface area contributed by atoms with Crippen LogP contribution in [0.1, 0.15) is 0 Å². The van der Waals surface area contributed by atoms with Crippen LogP contribution in [0.25, 0.3) is 61.7 Å². The highest BCUT2D eigenvalue weighted by atomic mass is 79.9. The molecule has 4 nitrogen and oxygen atoms in total. The van der Waals surface area contributed by atoms with E-state index in [1.165, 1.54) is 37.3 Å². The molecule has 3 heterocycles. The summed E-state index contributed by atoms with van der Waals surface area (Å²) < 4.78 is 4.49. The third-order valence-corrected chi connectivity index (χ3v) is 9.19. The average Bonchev–Trinajstić information content (AvgIpc) is 3.32. The van der Waals surface area contributed by atoms with Crippen molar-refractivity contribution in [1.82, 2.24) is 19.5 Å². The molecule has 0 spiro atoms. The Labute approximate surface area is 251 Å². The van der Waals surface area contributed by atoms with Crippen LogP contribution in [0.3, 0.4) is 0 Å². The van der Waals surface area contributed by atoms with Gasteiger partial charge in [0.15, 0.2) is 17.5 Å². The van der Waals surface area contributed by atoms with E-state index in [-0.39, 0.29) is 0 Å². The highest BCUT2D eigenvalue weighted by Gasteiger charge is 2.25. The lowest BCUT2D eigenvalue weighted by Crippen LogP contribution is -2.03. The lowest BCUT2D eigenvalue weighted by atomic mass is 10.1. The molecule has 7 heteroatoms. The summed E-state index contributed by atoms with van der Waals surface area (Å²) >= 11 is 9.16. The molecule has 1 aliphatic rings. The van der Waals surface area contributed by atoms with Crippen LogP contribution in [-0.2, 0) is 0 Å². The van der Waals surface area contributed by atoms with Crippen molar-refractivity contribution in [3.05, 3.63) is 118 Å². The fourth-order valence-electron chi connectivity index (χ4n) is 5.35. The molecule has 0 saturated carbocycles. The number of nitrogens with zero attached hydrogens (tertiary/aromatic N) is 4. The third-order valence-electron chi connectivity index (χ3n) is 7.13. The average molecular weight is 662 g/mol. The maximum absolute atomic E-state index is 5.01. The molecule has 0 saturated heterocycles. The highest BCUT2D eigenvalue weighted by molar-refractivity contribution is 9.10. The maximum atomic E-state index is 5.01. The second-order valence-electron chi connectivity index (χ2n) is 9.62. The van der Waals surface area contributed by atoms with Gasteiger partial charge in [-0.25, -0.2) is 15.0 Å². The van der Waals surface area contributed by atoms with Crippen LogP contribution in [0.2, 0.25) is 0 Å². The molecule has 0 aliphatic carbocycles. The minimum absolute atomic E-state index is 0.655. The Bertz CT molecular complexity index is 2050. The summed E-state index contributed by atoms with van der Waals surface area (Å²) in [5.41, 5.74) is 6.44. The predicted molar refractivity (Wildman–Crippen MR) is 170 cm³/mol.